The van der Waals surface area contributed by atoms with Gasteiger partial charge in [0.2, 0.25) is 5.88 Å². The van der Waals surface area contributed by atoms with Crippen molar-refractivity contribution in [1.29, 1.82) is 0 Å². The zero-order valence-electron chi connectivity index (χ0n) is 13.1. The lowest BCUT2D eigenvalue weighted by Crippen LogP contribution is -2.10. The van der Waals surface area contributed by atoms with E-state index in [-0.39, 0.29) is 18.0 Å². The Kier molecular flexibility index (Phi) is 3.95. The smallest absolute Gasteiger partial charge is 0.325 e. The van der Waals surface area contributed by atoms with Gasteiger partial charge in [0.1, 0.15) is 18.0 Å². The molecule has 0 fully saturated rings. The molecule has 0 aliphatic rings. The van der Waals surface area contributed by atoms with Gasteiger partial charge in [-0.1, -0.05) is 0 Å². The Labute approximate surface area is 136 Å². The Morgan fingerprint density at radius 1 is 1.25 bits per heavy atom. The molecule has 0 aliphatic carbocycles. The molecule has 0 bridgehead atoms. The molecule has 3 rings (SSSR count). The fourth-order valence-corrected chi connectivity index (χ4v) is 2.28. The summed E-state index contributed by atoms with van der Waals surface area (Å²) in [7, 11) is 0. The largest absolute Gasteiger partial charge is 0.480 e. The van der Waals surface area contributed by atoms with E-state index in [0.29, 0.717) is 22.5 Å². The standard InChI is InChI=1S/C16H14N4O4/c1-9-6-18-14(7-17-9)24-11-3-4-13-12(5-11)16(10(2)21)19-20(13)8-15(22)23/h3-7H,8H2,1-2H3,(H,22,23). The third-order valence-corrected chi connectivity index (χ3v) is 3.32. The molecule has 1 aromatic carbocycles. The van der Waals surface area contributed by atoms with Gasteiger partial charge in [0.15, 0.2) is 5.78 Å². The monoisotopic (exact) mass is 326 g/mol. The number of aliphatic carboxylic acids is 1. The molecule has 2 heterocycles. The predicted octanol–water partition coefficient (Wildman–Crippen LogP) is 2.21. The number of rotatable bonds is 5. The highest BCUT2D eigenvalue weighted by molar-refractivity contribution is 6.05. The van der Waals surface area contributed by atoms with Gasteiger partial charge >= 0.3 is 5.97 Å². The summed E-state index contributed by atoms with van der Waals surface area (Å²) in [5.74, 6) is -0.513. The van der Waals surface area contributed by atoms with Gasteiger partial charge in [-0.15, -0.1) is 0 Å². The molecule has 0 spiro atoms. The maximum Gasteiger partial charge on any atom is 0.325 e. The fourth-order valence-electron chi connectivity index (χ4n) is 2.28. The zero-order chi connectivity index (χ0) is 17.3. The Bertz CT molecular complexity index is 931. The second-order valence-corrected chi connectivity index (χ2v) is 5.23. The minimum absolute atomic E-state index is 0.201. The van der Waals surface area contributed by atoms with Crippen LogP contribution in [0.15, 0.2) is 30.6 Å². The van der Waals surface area contributed by atoms with E-state index in [1.807, 2.05) is 6.92 Å². The van der Waals surface area contributed by atoms with Gasteiger partial charge in [-0.3, -0.25) is 19.3 Å². The summed E-state index contributed by atoms with van der Waals surface area (Å²) in [4.78, 5) is 30.9. The van der Waals surface area contributed by atoms with Crippen molar-refractivity contribution in [3.63, 3.8) is 0 Å². The molecule has 0 saturated heterocycles. The summed E-state index contributed by atoms with van der Waals surface area (Å²) in [5, 5.41) is 13.6. The number of carboxylic acid groups (broad SMARTS) is 1. The first-order valence-electron chi connectivity index (χ1n) is 7.14. The van der Waals surface area contributed by atoms with Crippen LogP contribution in [0, 0.1) is 6.92 Å². The number of hydrogen-bond donors (Lipinski definition) is 1. The van der Waals surface area contributed by atoms with Crippen molar-refractivity contribution in [2.45, 2.75) is 20.4 Å². The molecule has 1 N–H and O–H groups in total. The molecule has 0 atom stereocenters. The molecule has 0 saturated carbocycles. The van der Waals surface area contributed by atoms with E-state index < -0.39 is 5.97 Å². The number of ether oxygens (including phenoxy) is 1. The van der Waals surface area contributed by atoms with Gasteiger partial charge < -0.3 is 9.84 Å². The number of ketones is 1. The van der Waals surface area contributed by atoms with Crippen LogP contribution in [0.3, 0.4) is 0 Å². The van der Waals surface area contributed by atoms with Crippen LogP contribution in [0.25, 0.3) is 10.9 Å². The number of carbonyl (C=O) groups is 2. The molecule has 8 heteroatoms. The van der Waals surface area contributed by atoms with Gasteiger partial charge in [-0.05, 0) is 25.1 Å². The van der Waals surface area contributed by atoms with Crippen LogP contribution in [0.2, 0.25) is 0 Å². The molecular weight excluding hydrogens is 312 g/mol. The normalized spacial score (nSPS) is 10.8. The third kappa shape index (κ3) is 3.07. The lowest BCUT2D eigenvalue weighted by molar-refractivity contribution is -0.137. The van der Waals surface area contributed by atoms with Crippen LogP contribution >= 0.6 is 0 Å². The molecular formula is C16H14N4O4. The minimum Gasteiger partial charge on any atom is -0.480 e. The summed E-state index contributed by atoms with van der Waals surface area (Å²) in [6, 6.07) is 4.96. The van der Waals surface area contributed by atoms with E-state index in [4.69, 9.17) is 9.84 Å². The Balaban J connectivity index is 2.02. The number of fused-ring (bicyclic) bond motifs is 1. The van der Waals surface area contributed by atoms with Crippen LogP contribution in [0.4, 0.5) is 0 Å². The number of benzene rings is 1. The van der Waals surface area contributed by atoms with Crippen molar-refractivity contribution in [3.05, 3.63) is 42.0 Å². The van der Waals surface area contributed by atoms with Gasteiger partial charge in [-0.2, -0.15) is 5.10 Å². The average molecular weight is 326 g/mol. The van der Waals surface area contributed by atoms with Crippen LogP contribution in [-0.2, 0) is 11.3 Å². The van der Waals surface area contributed by atoms with Crippen LogP contribution in [0.5, 0.6) is 11.6 Å². The first-order chi connectivity index (χ1) is 11.4. The van der Waals surface area contributed by atoms with Crippen LogP contribution < -0.4 is 4.74 Å². The number of Topliss-reactive ketones (excluding diaryl/α,β-unsaturated/α-hetero) is 1. The first kappa shape index (κ1) is 15.6. The lowest BCUT2D eigenvalue weighted by atomic mass is 10.1. The number of nitrogens with zero attached hydrogens (tertiary/aromatic N) is 4. The molecule has 0 unspecified atom stereocenters. The minimum atomic E-state index is -1.04. The quantitative estimate of drug-likeness (QED) is 0.716. The topological polar surface area (TPSA) is 107 Å². The number of aryl methyl sites for hydroxylation is 1. The number of carbonyl (C=O) groups excluding carboxylic acids is 1. The Morgan fingerprint density at radius 2 is 2.04 bits per heavy atom. The van der Waals surface area contributed by atoms with E-state index in [1.165, 1.54) is 17.8 Å². The third-order valence-electron chi connectivity index (χ3n) is 3.32. The molecule has 8 nitrogen and oxygen atoms in total. The van der Waals surface area contributed by atoms with Crippen LogP contribution in [0.1, 0.15) is 23.1 Å². The summed E-state index contributed by atoms with van der Waals surface area (Å²) in [6.07, 6.45) is 3.08. The van der Waals surface area contributed by atoms with E-state index in [1.54, 1.807) is 24.4 Å². The van der Waals surface area contributed by atoms with E-state index >= 15 is 0 Å². The SMILES string of the molecule is CC(=O)c1nn(CC(=O)O)c2ccc(Oc3cnc(C)cn3)cc12. The molecule has 24 heavy (non-hydrogen) atoms. The van der Waals surface area contributed by atoms with Crippen molar-refractivity contribution in [1.82, 2.24) is 19.7 Å². The fraction of sp³-hybridized carbons (Fsp3) is 0.188. The maximum atomic E-state index is 11.8. The molecule has 0 aliphatic heterocycles. The van der Waals surface area contributed by atoms with Crippen molar-refractivity contribution in [2.24, 2.45) is 0 Å². The highest BCUT2D eigenvalue weighted by Gasteiger charge is 2.16. The second-order valence-electron chi connectivity index (χ2n) is 5.23. The summed E-state index contributed by atoms with van der Waals surface area (Å²) >= 11 is 0. The average Bonchev–Trinajstić information content (AvgIpc) is 2.87. The van der Waals surface area contributed by atoms with Crippen molar-refractivity contribution in [2.75, 3.05) is 0 Å². The zero-order valence-corrected chi connectivity index (χ0v) is 13.1. The van der Waals surface area contributed by atoms with Crippen molar-refractivity contribution >= 4 is 22.7 Å². The highest BCUT2D eigenvalue weighted by atomic mass is 16.5. The summed E-state index contributed by atoms with van der Waals surface area (Å²) in [6.45, 7) is 2.87. The van der Waals surface area contributed by atoms with Gasteiger partial charge in [0.05, 0.1) is 23.6 Å². The number of hydrogen-bond acceptors (Lipinski definition) is 6. The number of carboxylic acids is 1. The summed E-state index contributed by atoms with van der Waals surface area (Å²) < 4.78 is 6.91. The predicted molar refractivity (Wildman–Crippen MR) is 84.2 cm³/mol. The summed E-state index contributed by atoms with van der Waals surface area (Å²) in [5.41, 5.74) is 1.52. The van der Waals surface area contributed by atoms with Crippen LogP contribution in [-0.4, -0.2) is 36.6 Å². The van der Waals surface area contributed by atoms with E-state index in [2.05, 4.69) is 15.1 Å². The number of aromatic nitrogens is 4. The molecule has 0 amide bonds. The maximum absolute atomic E-state index is 11.8. The molecule has 3 aromatic rings. The first-order valence-corrected chi connectivity index (χ1v) is 7.14. The molecule has 122 valence electrons. The van der Waals surface area contributed by atoms with Gasteiger partial charge in [-0.25, -0.2) is 4.98 Å². The lowest BCUT2D eigenvalue weighted by Gasteiger charge is -2.05. The molecule has 0 radical (unpaired) electrons. The second kappa shape index (κ2) is 6.07. The van der Waals surface area contributed by atoms with Crippen molar-refractivity contribution < 1.29 is 19.4 Å². The van der Waals surface area contributed by atoms with Gasteiger partial charge in [0, 0.05) is 12.3 Å². The Morgan fingerprint density at radius 3 is 2.67 bits per heavy atom. The van der Waals surface area contributed by atoms with E-state index in [9.17, 15) is 9.59 Å². The molecule has 2 aromatic heterocycles. The van der Waals surface area contributed by atoms with E-state index in [0.717, 1.165) is 5.69 Å². The highest BCUT2D eigenvalue weighted by Crippen LogP contribution is 2.27. The van der Waals surface area contributed by atoms with Gasteiger partial charge in [0.25, 0.3) is 0 Å². The van der Waals surface area contributed by atoms with Crippen molar-refractivity contribution in [3.8, 4) is 11.6 Å². The Hall–Kier alpha value is -3.29.